The lowest BCUT2D eigenvalue weighted by Crippen LogP contribution is -2.35. The summed E-state index contributed by atoms with van der Waals surface area (Å²) in [7, 11) is 1.80. The van der Waals surface area contributed by atoms with Gasteiger partial charge in [-0.05, 0) is 39.5 Å². The summed E-state index contributed by atoms with van der Waals surface area (Å²) in [6.45, 7) is 4.71. The first-order valence-electron chi connectivity index (χ1n) is 12.0. The Hall–Kier alpha value is -3.40. The molecular weight excluding hydrogens is 430 g/mol. The fourth-order valence-corrected chi connectivity index (χ4v) is 5.16. The van der Waals surface area contributed by atoms with Crippen LogP contribution in [-0.4, -0.2) is 58.3 Å². The Morgan fingerprint density at radius 1 is 1.12 bits per heavy atom. The van der Waals surface area contributed by atoms with Crippen molar-refractivity contribution in [3.8, 4) is 11.4 Å². The highest BCUT2D eigenvalue weighted by molar-refractivity contribution is 5.86. The average Bonchev–Trinajstić information content (AvgIpc) is 3.41. The number of fused-ring (bicyclic) bond motifs is 2. The van der Waals surface area contributed by atoms with Gasteiger partial charge in [-0.25, -0.2) is 29.9 Å². The molecule has 0 bridgehead atoms. The number of nitrogens with zero attached hydrogens (tertiary/aromatic N) is 8. The molecule has 10 heteroatoms. The summed E-state index contributed by atoms with van der Waals surface area (Å²) in [4.78, 5) is 27.5. The first-order valence-corrected chi connectivity index (χ1v) is 12.0. The summed E-state index contributed by atoms with van der Waals surface area (Å²) in [5.41, 5.74) is 5.03. The van der Waals surface area contributed by atoms with E-state index in [2.05, 4.69) is 41.3 Å². The highest BCUT2D eigenvalue weighted by Crippen LogP contribution is 2.37. The molecule has 10 nitrogen and oxygen atoms in total. The third-order valence-corrected chi connectivity index (χ3v) is 7.18. The van der Waals surface area contributed by atoms with E-state index in [1.54, 1.807) is 13.4 Å². The summed E-state index contributed by atoms with van der Waals surface area (Å²) < 4.78 is 9.94. The van der Waals surface area contributed by atoms with Crippen LogP contribution in [-0.2, 0) is 24.1 Å². The first-order chi connectivity index (χ1) is 16.6. The van der Waals surface area contributed by atoms with Crippen LogP contribution in [0.5, 0.6) is 0 Å². The number of aromatic nitrogens is 8. The molecule has 2 aliphatic carbocycles. The Kier molecular flexibility index (Phi) is 5.24. The summed E-state index contributed by atoms with van der Waals surface area (Å²) in [5, 5.41) is 3.68. The fourth-order valence-electron chi connectivity index (χ4n) is 5.16. The number of ether oxygens (including phenoxy) is 1. The number of methoxy groups -OCH3 is 1. The number of rotatable bonds is 6. The maximum Gasteiger partial charge on any atom is 0.165 e. The van der Waals surface area contributed by atoms with Crippen molar-refractivity contribution in [2.24, 2.45) is 0 Å². The fraction of sp³-hybridized carbons (Fsp3) is 0.500. The van der Waals surface area contributed by atoms with E-state index in [0.717, 1.165) is 72.8 Å². The number of hydrogen-bond donors (Lipinski definition) is 1. The van der Waals surface area contributed by atoms with E-state index in [4.69, 9.17) is 14.7 Å². The second kappa shape index (κ2) is 8.43. The maximum absolute atomic E-state index is 5.48. The predicted molar refractivity (Wildman–Crippen MR) is 127 cm³/mol. The highest BCUT2D eigenvalue weighted by Gasteiger charge is 2.34. The van der Waals surface area contributed by atoms with Crippen molar-refractivity contribution >= 4 is 17.0 Å². The molecular formula is C24H29N9O. The van der Waals surface area contributed by atoms with Gasteiger partial charge in [-0.1, -0.05) is 0 Å². The zero-order valence-electron chi connectivity index (χ0n) is 19.8. The molecule has 4 aromatic heterocycles. The van der Waals surface area contributed by atoms with E-state index < -0.39 is 0 Å². The molecule has 4 heterocycles. The standard InChI is InChI=1S/C24H29N9O/c1-4-32-23(15-10-25-14(2)26-11-15)31-21-22(27-12-28-24(21)32)30-16-5-6-19-20(7-16)33(13-29-19)17-8-18(9-17)34-3/h10-13,16-18H,4-9H2,1-3H3,(H,27,28,30)/t16?,17-,18+. The number of nitrogens with one attached hydrogen (secondary N) is 1. The number of anilines is 1. The largest absolute Gasteiger partial charge is 0.381 e. The average molecular weight is 460 g/mol. The van der Waals surface area contributed by atoms with Crippen LogP contribution >= 0.6 is 0 Å². The van der Waals surface area contributed by atoms with Crippen LogP contribution in [0.25, 0.3) is 22.6 Å². The molecule has 1 saturated carbocycles. The summed E-state index contributed by atoms with van der Waals surface area (Å²) in [6.07, 6.45) is 12.6. The molecule has 0 amide bonds. The van der Waals surface area contributed by atoms with Gasteiger partial charge in [-0.2, -0.15) is 0 Å². The van der Waals surface area contributed by atoms with Gasteiger partial charge in [-0.15, -0.1) is 0 Å². The van der Waals surface area contributed by atoms with Gasteiger partial charge >= 0.3 is 0 Å². The molecule has 1 unspecified atom stereocenters. The molecule has 2 aliphatic rings. The van der Waals surface area contributed by atoms with E-state index in [9.17, 15) is 0 Å². The third kappa shape index (κ3) is 3.53. The molecule has 0 aliphatic heterocycles. The lowest BCUT2D eigenvalue weighted by atomic mass is 9.87. The summed E-state index contributed by atoms with van der Waals surface area (Å²) in [5.74, 6) is 2.32. The lowest BCUT2D eigenvalue weighted by molar-refractivity contribution is 0.00531. The van der Waals surface area contributed by atoms with Gasteiger partial charge < -0.3 is 19.2 Å². The molecule has 0 spiro atoms. The van der Waals surface area contributed by atoms with E-state index in [1.807, 2.05) is 25.6 Å². The number of imidazole rings is 2. The summed E-state index contributed by atoms with van der Waals surface area (Å²) >= 11 is 0. The molecule has 1 atom stereocenters. The smallest absolute Gasteiger partial charge is 0.165 e. The molecule has 4 aromatic rings. The van der Waals surface area contributed by atoms with Crippen LogP contribution in [0.15, 0.2) is 25.0 Å². The van der Waals surface area contributed by atoms with Crippen LogP contribution < -0.4 is 5.32 Å². The van der Waals surface area contributed by atoms with Crippen molar-refractivity contribution in [1.29, 1.82) is 0 Å². The van der Waals surface area contributed by atoms with Crippen LogP contribution in [0, 0.1) is 6.92 Å². The van der Waals surface area contributed by atoms with Gasteiger partial charge in [0.15, 0.2) is 17.0 Å². The molecule has 0 saturated heterocycles. The maximum atomic E-state index is 5.48. The van der Waals surface area contributed by atoms with Gasteiger partial charge in [0.05, 0.1) is 23.7 Å². The minimum absolute atomic E-state index is 0.261. The van der Waals surface area contributed by atoms with Crippen molar-refractivity contribution in [3.63, 3.8) is 0 Å². The van der Waals surface area contributed by atoms with Crippen LogP contribution in [0.2, 0.25) is 0 Å². The molecule has 6 rings (SSSR count). The van der Waals surface area contributed by atoms with Crippen molar-refractivity contribution in [3.05, 3.63) is 42.3 Å². The number of aryl methyl sites for hydroxylation is 3. The second-order valence-corrected chi connectivity index (χ2v) is 9.21. The van der Waals surface area contributed by atoms with E-state index in [0.29, 0.717) is 12.1 Å². The topological polar surface area (TPSA) is 108 Å². The van der Waals surface area contributed by atoms with Crippen LogP contribution in [0.4, 0.5) is 5.82 Å². The minimum Gasteiger partial charge on any atom is -0.381 e. The van der Waals surface area contributed by atoms with E-state index in [1.165, 1.54) is 11.4 Å². The van der Waals surface area contributed by atoms with Gasteiger partial charge in [0.1, 0.15) is 18.0 Å². The molecule has 1 fully saturated rings. The zero-order valence-corrected chi connectivity index (χ0v) is 19.8. The minimum atomic E-state index is 0.261. The first kappa shape index (κ1) is 21.2. The van der Waals surface area contributed by atoms with Crippen LogP contribution in [0.1, 0.15) is 49.4 Å². The molecule has 0 aromatic carbocycles. The van der Waals surface area contributed by atoms with E-state index >= 15 is 0 Å². The quantitative estimate of drug-likeness (QED) is 0.468. The van der Waals surface area contributed by atoms with Crippen LogP contribution in [0.3, 0.4) is 0 Å². The predicted octanol–water partition coefficient (Wildman–Crippen LogP) is 3.13. The van der Waals surface area contributed by atoms with Gasteiger partial charge in [0.2, 0.25) is 0 Å². The lowest BCUT2D eigenvalue weighted by Gasteiger charge is -2.37. The third-order valence-electron chi connectivity index (χ3n) is 7.18. The van der Waals surface area contributed by atoms with Gasteiger partial charge in [0, 0.05) is 50.2 Å². The van der Waals surface area contributed by atoms with E-state index in [-0.39, 0.29) is 6.04 Å². The van der Waals surface area contributed by atoms with Gasteiger partial charge in [0.25, 0.3) is 0 Å². The molecule has 1 N–H and O–H groups in total. The molecule has 34 heavy (non-hydrogen) atoms. The highest BCUT2D eigenvalue weighted by atomic mass is 16.5. The monoisotopic (exact) mass is 459 g/mol. The Bertz CT molecular complexity index is 1320. The number of hydrogen-bond acceptors (Lipinski definition) is 8. The Morgan fingerprint density at radius 2 is 1.94 bits per heavy atom. The van der Waals surface area contributed by atoms with Gasteiger partial charge in [-0.3, -0.25) is 0 Å². The summed E-state index contributed by atoms with van der Waals surface area (Å²) in [6, 6.07) is 0.752. The van der Waals surface area contributed by atoms with Crippen molar-refractivity contribution in [2.45, 2.75) is 70.7 Å². The van der Waals surface area contributed by atoms with Crippen molar-refractivity contribution in [1.82, 2.24) is 39.0 Å². The normalized spacial score (nSPS) is 21.9. The zero-order chi connectivity index (χ0) is 23.2. The van der Waals surface area contributed by atoms with Crippen molar-refractivity contribution < 1.29 is 4.74 Å². The molecule has 176 valence electrons. The van der Waals surface area contributed by atoms with Crippen molar-refractivity contribution in [2.75, 3.05) is 12.4 Å². The molecule has 0 radical (unpaired) electrons. The SMILES string of the molecule is CCn1c(-c2cnc(C)nc2)nc2c(NC3CCc4ncn([C@H]5C[C@@H](OC)C5)c4C3)ncnc21. The second-order valence-electron chi connectivity index (χ2n) is 9.21. The Balaban J connectivity index is 1.28. The Morgan fingerprint density at radius 3 is 2.71 bits per heavy atom. The Labute approximate surface area is 197 Å².